The van der Waals surface area contributed by atoms with E-state index in [0.717, 1.165) is 0 Å². The Hall–Kier alpha value is -0.660. The fourth-order valence-corrected chi connectivity index (χ4v) is 4.66. The Morgan fingerprint density at radius 2 is 1.91 bits per heavy atom. The second-order valence-corrected chi connectivity index (χ2v) is 7.86. The largest absolute Gasteiger partial charge is 0.462 e. The Morgan fingerprint density at radius 1 is 1.27 bits per heavy atom. The first-order chi connectivity index (χ1) is 10.4. The van der Waals surface area contributed by atoms with Crippen molar-refractivity contribution in [1.82, 2.24) is 4.98 Å². The van der Waals surface area contributed by atoms with Gasteiger partial charge in [-0.25, -0.2) is 4.98 Å². The first-order valence-electron chi connectivity index (χ1n) is 6.52. The van der Waals surface area contributed by atoms with Crippen molar-refractivity contribution < 1.29 is 18.0 Å². The van der Waals surface area contributed by atoms with Gasteiger partial charge in [0.25, 0.3) is 0 Å². The Labute approximate surface area is 145 Å². The molecule has 0 amide bonds. The predicted molar refractivity (Wildman–Crippen MR) is 92.2 cm³/mol. The molecular weight excluding hydrogens is 439 g/mol. The number of nitrogens with zero attached hydrogens (tertiary/aromatic N) is 1. The van der Waals surface area contributed by atoms with Crippen LogP contribution in [0.5, 0.6) is 0 Å². The third-order valence-electron chi connectivity index (χ3n) is 2.71. The normalized spacial score (nSPS) is 11.8. The van der Waals surface area contributed by atoms with Gasteiger partial charge in [-0.3, -0.25) is 4.57 Å². The maximum atomic E-state index is 12.9. The Morgan fingerprint density at radius 3 is 2.50 bits per heavy atom. The number of pyridine rings is 1. The second kappa shape index (κ2) is 7.27. The highest BCUT2D eigenvalue weighted by Gasteiger charge is 2.33. The standard InChI is InChI=1S/C13H15Br2N2O4P/c1-3-20-22(18,21-4-2)10-5-6-19-12(10)11-8(14)7-9(15)13(16)17-11/h5-7H,3-4H2,1-2H3,(H2,16,17). The molecule has 0 aliphatic carbocycles. The van der Waals surface area contributed by atoms with Gasteiger partial charge in [0.1, 0.15) is 16.8 Å². The molecular formula is C13H15Br2N2O4P. The van der Waals surface area contributed by atoms with E-state index in [-0.39, 0.29) is 13.2 Å². The highest BCUT2D eigenvalue weighted by atomic mass is 79.9. The lowest BCUT2D eigenvalue weighted by Gasteiger charge is -2.17. The molecule has 0 saturated carbocycles. The highest BCUT2D eigenvalue weighted by molar-refractivity contribution is 9.11. The summed E-state index contributed by atoms with van der Waals surface area (Å²) < 4.78 is 30.4. The van der Waals surface area contributed by atoms with Crippen LogP contribution < -0.4 is 11.0 Å². The third kappa shape index (κ3) is 3.46. The number of furan rings is 1. The van der Waals surface area contributed by atoms with Crippen LogP contribution in [0.4, 0.5) is 5.82 Å². The number of halogens is 2. The van der Waals surface area contributed by atoms with Gasteiger partial charge in [0.05, 0.1) is 23.9 Å². The third-order valence-corrected chi connectivity index (χ3v) is 6.09. The van der Waals surface area contributed by atoms with Crippen molar-refractivity contribution in [2.24, 2.45) is 0 Å². The van der Waals surface area contributed by atoms with E-state index in [1.54, 1.807) is 26.0 Å². The molecule has 9 heteroatoms. The molecule has 0 aromatic carbocycles. The molecule has 0 fully saturated rings. The summed E-state index contributed by atoms with van der Waals surface area (Å²) in [5.74, 6) is 0.597. The van der Waals surface area contributed by atoms with Crippen molar-refractivity contribution in [3.63, 3.8) is 0 Å². The van der Waals surface area contributed by atoms with Crippen LogP contribution >= 0.6 is 39.5 Å². The lowest BCUT2D eigenvalue weighted by molar-refractivity contribution is 0.230. The zero-order chi connectivity index (χ0) is 16.3. The topological polar surface area (TPSA) is 87.6 Å². The van der Waals surface area contributed by atoms with Gasteiger partial charge >= 0.3 is 7.60 Å². The van der Waals surface area contributed by atoms with Gasteiger partial charge in [-0.15, -0.1) is 0 Å². The highest BCUT2D eigenvalue weighted by Crippen LogP contribution is 2.50. The molecule has 22 heavy (non-hydrogen) atoms. The maximum Gasteiger partial charge on any atom is 0.365 e. The Bertz CT molecular complexity index is 710. The lowest BCUT2D eigenvalue weighted by Crippen LogP contribution is -2.12. The molecule has 2 N–H and O–H groups in total. The molecule has 2 aromatic rings. The van der Waals surface area contributed by atoms with Crippen molar-refractivity contribution >= 4 is 50.6 Å². The zero-order valence-electron chi connectivity index (χ0n) is 12.0. The first-order valence-corrected chi connectivity index (χ1v) is 9.64. The number of hydrogen-bond donors (Lipinski definition) is 1. The monoisotopic (exact) mass is 452 g/mol. The van der Waals surface area contributed by atoms with E-state index < -0.39 is 7.60 Å². The minimum Gasteiger partial charge on any atom is -0.462 e. The second-order valence-electron chi connectivity index (χ2n) is 4.15. The molecule has 0 bridgehead atoms. The summed E-state index contributed by atoms with van der Waals surface area (Å²) in [7, 11) is -3.48. The quantitative estimate of drug-likeness (QED) is 0.654. The summed E-state index contributed by atoms with van der Waals surface area (Å²) in [5, 5.41) is 0.325. The van der Waals surface area contributed by atoms with Crippen molar-refractivity contribution in [2.75, 3.05) is 18.9 Å². The van der Waals surface area contributed by atoms with Gasteiger partial charge < -0.3 is 19.2 Å². The van der Waals surface area contributed by atoms with Crippen LogP contribution in [0.15, 0.2) is 31.8 Å². The summed E-state index contributed by atoms with van der Waals surface area (Å²) in [6.07, 6.45) is 1.42. The molecule has 0 radical (unpaired) electrons. The summed E-state index contributed by atoms with van der Waals surface area (Å²) >= 11 is 6.70. The van der Waals surface area contributed by atoms with Gasteiger partial charge in [0.15, 0.2) is 5.76 Å². The molecule has 120 valence electrons. The fraction of sp³-hybridized carbons (Fsp3) is 0.308. The van der Waals surface area contributed by atoms with Crippen LogP contribution in [0.1, 0.15) is 13.8 Å². The van der Waals surface area contributed by atoms with Crippen LogP contribution in [0.25, 0.3) is 11.5 Å². The number of rotatable bonds is 6. The molecule has 0 aliphatic rings. The summed E-state index contributed by atoms with van der Waals surface area (Å²) in [4.78, 5) is 4.27. The van der Waals surface area contributed by atoms with Crippen molar-refractivity contribution in [3.05, 3.63) is 27.3 Å². The van der Waals surface area contributed by atoms with E-state index in [2.05, 4.69) is 36.8 Å². The number of nitrogen functional groups attached to an aromatic ring is 1. The molecule has 2 heterocycles. The predicted octanol–water partition coefficient (Wildman–Crippen LogP) is 4.34. The lowest BCUT2D eigenvalue weighted by atomic mass is 10.3. The van der Waals surface area contributed by atoms with Crippen molar-refractivity contribution in [1.29, 1.82) is 0 Å². The SMILES string of the molecule is CCOP(=O)(OCC)c1ccoc1-c1nc(N)c(Br)cc1Br. The van der Waals surface area contributed by atoms with E-state index in [4.69, 9.17) is 19.2 Å². The van der Waals surface area contributed by atoms with E-state index in [1.807, 2.05) is 0 Å². The summed E-state index contributed by atoms with van der Waals surface area (Å²) in [6, 6.07) is 3.31. The number of hydrogen-bond acceptors (Lipinski definition) is 6. The molecule has 2 rings (SSSR count). The first kappa shape index (κ1) is 17.7. The van der Waals surface area contributed by atoms with E-state index >= 15 is 0 Å². The van der Waals surface area contributed by atoms with Crippen LogP contribution in [-0.2, 0) is 13.6 Å². The minimum absolute atomic E-state index is 0.249. The average molecular weight is 454 g/mol. The summed E-state index contributed by atoms with van der Waals surface area (Å²) in [6.45, 7) is 3.99. The molecule has 0 aliphatic heterocycles. The number of aromatic nitrogens is 1. The summed E-state index contributed by atoms with van der Waals surface area (Å²) in [5.41, 5.74) is 6.25. The number of anilines is 1. The van der Waals surface area contributed by atoms with E-state index in [9.17, 15) is 4.57 Å². The molecule has 0 saturated heterocycles. The van der Waals surface area contributed by atoms with E-state index in [0.29, 0.717) is 31.5 Å². The van der Waals surface area contributed by atoms with Gasteiger partial charge in [0.2, 0.25) is 0 Å². The molecule has 0 unspecified atom stereocenters. The number of nitrogens with two attached hydrogens (primary N) is 1. The Balaban J connectivity index is 2.58. The van der Waals surface area contributed by atoms with Crippen molar-refractivity contribution in [3.8, 4) is 11.5 Å². The van der Waals surface area contributed by atoms with Gasteiger partial charge in [-0.1, -0.05) is 0 Å². The van der Waals surface area contributed by atoms with Crippen LogP contribution in [0.2, 0.25) is 0 Å². The molecule has 0 atom stereocenters. The molecule has 2 aromatic heterocycles. The van der Waals surface area contributed by atoms with Gasteiger partial charge in [0, 0.05) is 4.47 Å². The van der Waals surface area contributed by atoms with Crippen LogP contribution in [0.3, 0.4) is 0 Å². The maximum absolute atomic E-state index is 12.9. The fourth-order valence-electron chi connectivity index (χ4n) is 1.85. The average Bonchev–Trinajstić information content (AvgIpc) is 2.93. The Kier molecular flexibility index (Phi) is 5.85. The molecule has 0 spiro atoms. The molecule has 6 nitrogen and oxygen atoms in total. The van der Waals surface area contributed by atoms with Crippen LogP contribution in [0, 0.1) is 0 Å². The van der Waals surface area contributed by atoms with Crippen LogP contribution in [-0.4, -0.2) is 18.2 Å². The smallest absolute Gasteiger partial charge is 0.365 e. The van der Waals surface area contributed by atoms with Crippen molar-refractivity contribution in [2.45, 2.75) is 13.8 Å². The van der Waals surface area contributed by atoms with Gasteiger partial charge in [-0.2, -0.15) is 0 Å². The zero-order valence-corrected chi connectivity index (χ0v) is 16.1. The minimum atomic E-state index is -3.48. The van der Waals surface area contributed by atoms with Gasteiger partial charge in [-0.05, 0) is 57.8 Å². The van der Waals surface area contributed by atoms with E-state index in [1.165, 1.54) is 6.26 Å².